The summed E-state index contributed by atoms with van der Waals surface area (Å²) in [7, 11) is 0. The quantitative estimate of drug-likeness (QED) is 0.430. The van der Waals surface area contributed by atoms with Crippen LogP contribution in [0.5, 0.6) is 0 Å². The van der Waals surface area contributed by atoms with E-state index in [1.165, 1.54) is 5.56 Å². The maximum absolute atomic E-state index is 10.4. The van der Waals surface area contributed by atoms with Gasteiger partial charge in [-0.3, -0.25) is 4.90 Å². The minimum Gasteiger partial charge on any atom is -0.390 e. The third-order valence-corrected chi connectivity index (χ3v) is 5.20. The second kappa shape index (κ2) is 11.3. The molecule has 6 heteroatoms. The Balaban J connectivity index is 1.63. The molecule has 30 heavy (non-hydrogen) atoms. The first-order valence-corrected chi connectivity index (χ1v) is 10.5. The fourth-order valence-electron chi connectivity index (χ4n) is 3.61. The van der Waals surface area contributed by atoms with Gasteiger partial charge in [-0.15, -0.1) is 6.58 Å². The molecular weight excluding hydrogens is 400 g/mol. The predicted molar refractivity (Wildman–Crippen MR) is 121 cm³/mol. The Hall–Kier alpha value is -2.18. The predicted octanol–water partition coefficient (Wildman–Crippen LogP) is 4.21. The number of rotatable bonds is 11. The average Bonchev–Trinajstić information content (AvgIpc) is 3.16. The van der Waals surface area contributed by atoms with Crippen molar-refractivity contribution in [2.24, 2.45) is 5.16 Å². The van der Waals surface area contributed by atoms with Gasteiger partial charge in [-0.05, 0) is 30.2 Å². The van der Waals surface area contributed by atoms with Crippen molar-refractivity contribution in [1.29, 1.82) is 0 Å². The van der Waals surface area contributed by atoms with Gasteiger partial charge in [-0.2, -0.15) is 0 Å². The lowest BCUT2D eigenvalue weighted by atomic mass is 10.00. The van der Waals surface area contributed by atoms with Crippen LogP contribution in [0.1, 0.15) is 23.1 Å². The molecule has 0 radical (unpaired) electrons. The van der Waals surface area contributed by atoms with E-state index in [9.17, 15) is 5.11 Å². The molecule has 0 spiro atoms. The van der Waals surface area contributed by atoms with Gasteiger partial charge in [-0.1, -0.05) is 59.2 Å². The van der Waals surface area contributed by atoms with Crippen molar-refractivity contribution in [2.75, 3.05) is 26.3 Å². The van der Waals surface area contributed by atoms with E-state index in [0.717, 1.165) is 23.3 Å². The first kappa shape index (κ1) is 22.5. The first-order chi connectivity index (χ1) is 14.5. The Bertz CT molecular complexity index is 871. The molecule has 5 nitrogen and oxygen atoms in total. The summed E-state index contributed by atoms with van der Waals surface area (Å²) in [5.41, 5.74) is 4.36. The molecule has 0 saturated heterocycles. The lowest BCUT2D eigenvalue weighted by Crippen LogP contribution is -2.39. The SMILES string of the molecule is C=CCOCC(O)CN(Cc1cccc(Cl)c1)CC1CC(c2ccccc2C)=NO1. The zero-order chi connectivity index (χ0) is 21.3. The van der Waals surface area contributed by atoms with E-state index >= 15 is 0 Å². The summed E-state index contributed by atoms with van der Waals surface area (Å²) in [5.74, 6) is 0. The summed E-state index contributed by atoms with van der Waals surface area (Å²) in [6, 6.07) is 16.0. The summed E-state index contributed by atoms with van der Waals surface area (Å²) in [6.45, 7) is 8.15. The van der Waals surface area contributed by atoms with Crippen molar-refractivity contribution < 1.29 is 14.7 Å². The van der Waals surface area contributed by atoms with Gasteiger partial charge in [0.05, 0.1) is 25.0 Å². The van der Waals surface area contributed by atoms with Crippen molar-refractivity contribution >= 4 is 17.3 Å². The van der Waals surface area contributed by atoms with Crippen molar-refractivity contribution in [3.05, 3.63) is 82.9 Å². The van der Waals surface area contributed by atoms with E-state index in [-0.39, 0.29) is 12.7 Å². The molecule has 2 aromatic rings. The van der Waals surface area contributed by atoms with Gasteiger partial charge in [0.25, 0.3) is 0 Å². The van der Waals surface area contributed by atoms with Crippen molar-refractivity contribution in [3.63, 3.8) is 0 Å². The molecule has 2 aromatic carbocycles. The Morgan fingerprint density at radius 1 is 1.33 bits per heavy atom. The van der Waals surface area contributed by atoms with Crippen molar-refractivity contribution in [1.82, 2.24) is 4.90 Å². The van der Waals surface area contributed by atoms with Crippen LogP contribution in [0.2, 0.25) is 5.02 Å². The lowest BCUT2D eigenvalue weighted by Gasteiger charge is -2.27. The zero-order valence-corrected chi connectivity index (χ0v) is 18.1. The molecule has 2 atom stereocenters. The number of aryl methyl sites for hydroxylation is 1. The number of ether oxygens (including phenoxy) is 1. The number of aliphatic hydroxyl groups excluding tert-OH is 1. The van der Waals surface area contributed by atoms with Crippen molar-refractivity contribution in [2.45, 2.75) is 32.1 Å². The Morgan fingerprint density at radius 2 is 2.17 bits per heavy atom. The lowest BCUT2D eigenvalue weighted by molar-refractivity contribution is 0.00336. The zero-order valence-electron chi connectivity index (χ0n) is 17.3. The van der Waals surface area contributed by atoms with Crippen LogP contribution >= 0.6 is 11.6 Å². The number of aliphatic hydroxyl groups is 1. The number of nitrogens with zero attached hydrogens (tertiary/aromatic N) is 2. The molecule has 0 fully saturated rings. The first-order valence-electron chi connectivity index (χ1n) is 10.2. The van der Waals surface area contributed by atoms with Gasteiger partial charge in [0.1, 0.15) is 6.10 Å². The average molecular weight is 429 g/mol. The van der Waals surface area contributed by atoms with Gasteiger partial charge >= 0.3 is 0 Å². The van der Waals surface area contributed by atoms with E-state index < -0.39 is 6.10 Å². The topological polar surface area (TPSA) is 54.3 Å². The summed E-state index contributed by atoms with van der Waals surface area (Å²) in [5, 5.41) is 15.5. The molecule has 160 valence electrons. The van der Waals surface area contributed by atoms with E-state index in [4.69, 9.17) is 21.2 Å². The van der Waals surface area contributed by atoms with Gasteiger partial charge in [0.15, 0.2) is 0 Å². The summed E-state index contributed by atoms with van der Waals surface area (Å²) >= 11 is 6.15. The smallest absolute Gasteiger partial charge is 0.145 e. The molecule has 1 heterocycles. The molecule has 0 aliphatic carbocycles. The Labute approximate surface area is 183 Å². The van der Waals surface area contributed by atoms with Crippen LogP contribution in [0.3, 0.4) is 0 Å². The normalized spacial score (nSPS) is 16.9. The molecule has 1 aliphatic rings. The van der Waals surface area contributed by atoms with E-state index in [2.05, 4.69) is 35.7 Å². The van der Waals surface area contributed by atoms with Crippen LogP contribution < -0.4 is 0 Å². The van der Waals surface area contributed by atoms with Gasteiger partial charge in [0.2, 0.25) is 0 Å². The fraction of sp³-hybridized carbons (Fsp3) is 0.375. The highest BCUT2D eigenvalue weighted by Crippen LogP contribution is 2.21. The van der Waals surface area contributed by atoms with Crippen molar-refractivity contribution in [3.8, 4) is 0 Å². The van der Waals surface area contributed by atoms with Crippen LogP contribution in [-0.2, 0) is 16.1 Å². The second-order valence-electron chi connectivity index (χ2n) is 7.59. The van der Waals surface area contributed by atoms with Crippen LogP contribution in [0.25, 0.3) is 0 Å². The summed E-state index contributed by atoms with van der Waals surface area (Å²) in [4.78, 5) is 7.90. The summed E-state index contributed by atoms with van der Waals surface area (Å²) < 4.78 is 5.40. The van der Waals surface area contributed by atoms with Gasteiger partial charge < -0.3 is 14.7 Å². The van der Waals surface area contributed by atoms with Gasteiger partial charge in [-0.25, -0.2) is 0 Å². The maximum Gasteiger partial charge on any atom is 0.145 e. The molecule has 0 aromatic heterocycles. The van der Waals surface area contributed by atoms with Gasteiger partial charge in [0, 0.05) is 36.6 Å². The number of hydrogen-bond donors (Lipinski definition) is 1. The molecule has 2 unspecified atom stereocenters. The number of oxime groups is 1. The minimum absolute atomic E-state index is 0.0694. The minimum atomic E-state index is -0.609. The Morgan fingerprint density at radius 3 is 2.93 bits per heavy atom. The maximum atomic E-state index is 10.4. The molecule has 1 aliphatic heterocycles. The monoisotopic (exact) mass is 428 g/mol. The van der Waals surface area contributed by atoms with E-state index in [0.29, 0.717) is 31.3 Å². The highest BCUT2D eigenvalue weighted by atomic mass is 35.5. The molecule has 0 amide bonds. The molecule has 0 bridgehead atoms. The van der Waals surface area contributed by atoms with Crippen LogP contribution in [0, 0.1) is 6.92 Å². The molecular formula is C24H29ClN2O3. The summed E-state index contributed by atoms with van der Waals surface area (Å²) in [6.07, 6.45) is 1.73. The fourth-order valence-corrected chi connectivity index (χ4v) is 3.82. The number of halogens is 1. The van der Waals surface area contributed by atoms with Crippen LogP contribution in [-0.4, -0.2) is 54.2 Å². The van der Waals surface area contributed by atoms with Crippen LogP contribution in [0.15, 0.2) is 66.3 Å². The Kier molecular flexibility index (Phi) is 8.46. The molecule has 0 saturated carbocycles. The molecule has 3 rings (SSSR count). The van der Waals surface area contributed by atoms with Crippen LogP contribution in [0.4, 0.5) is 0 Å². The number of hydrogen-bond acceptors (Lipinski definition) is 5. The highest BCUT2D eigenvalue weighted by Gasteiger charge is 2.26. The highest BCUT2D eigenvalue weighted by molar-refractivity contribution is 6.30. The van der Waals surface area contributed by atoms with E-state index in [1.807, 2.05) is 36.4 Å². The van der Waals surface area contributed by atoms with E-state index in [1.54, 1.807) is 6.08 Å². The third kappa shape index (κ3) is 6.67. The largest absolute Gasteiger partial charge is 0.390 e. The third-order valence-electron chi connectivity index (χ3n) is 4.96. The number of benzene rings is 2. The standard InChI is InChI=1S/C24H29ClN2O3/c1-3-11-29-17-21(28)15-27(14-19-8-6-9-20(25)12-19)16-22-13-24(26-30-22)23-10-5-4-7-18(23)2/h3-10,12,21-22,28H,1,11,13-17H2,2H3. The molecule has 1 N–H and O–H groups in total. The second-order valence-corrected chi connectivity index (χ2v) is 8.02.